The Morgan fingerprint density at radius 3 is 1.57 bits per heavy atom. The number of hydrogen-bond acceptors (Lipinski definition) is 10. The van der Waals surface area contributed by atoms with E-state index >= 15 is 0 Å². The van der Waals surface area contributed by atoms with Crippen LogP contribution in [-0.2, 0) is 4.79 Å². The first-order valence-electron chi connectivity index (χ1n) is 16.0. The van der Waals surface area contributed by atoms with E-state index in [1.807, 2.05) is 0 Å². The van der Waals surface area contributed by atoms with Crippen LogP contribution < -0.4 is 20.9 Å². The van der Waals surface area contributed by atoms with Gasteiger partial charge in [0.15, 0.2) is 11.6 Å². The third-order valence-electron chi connectivity index (χ3n) is 8.48. The van der Waals surface area contributed by atoms with Gasteiger partial charge >= 0.3 is 18.3 Å². The zero-order chi connectivity index (χ0) is 38.7. The highest BCUT2D eigenvalue weighted by Crippen LogP contribution is 2.29. The summed E-state index contributed by atoms with van der Waals surface area (Å²) in [5.74, 6) is -0.832. The average molecular weight is 790 g/mol. The number of nitrogens with one attached hydrogen (secondary N) is 2. The molecule has 2 aliphatic rings. The van der Waals surface area contributed by atoms with Crippen LogP contribution in [0.2, 0.25) is 10.0 Å². The van der Waals surface area contributed by atoms with Gasteiger partial charge in [0.2, 0.25) is 0 Å². The van der Waals surface area contributed by atoms with Gasteiger partial charge in [-0.3, -0.25) is 29.3 Å². The maximum absolute atomic E-state index is 12.7. The molecule has 4 aromatic heterocycles. The number of alkyl halides is 6. The van der Waals surface area contributed by atoms with Gasteiger partial charge in [0.25, 0.3) is 11.1 Å². The Hall–Kier alpha value is -4.75. The fourth-order valence-electron chi connectivity index (χ4n) is 5.87. The van der Waals surface area contributed by atoms with E-state index in [4.69, 9.17) is 23.2 Å². The summed E-state index contributed by atoms with van der Waals surface area (Å²) in [6, 6.07) is 5.61. The Morgan fingerprint density at radius 1 is 0.736 bits per heavy atom. The molecule has 0 spiro atoms. The quantitative estimate of drug-likeness (QED) is 0.274. The normalized spacial score (nSPS) is 18.4. The standard InChI is InChI=1S/C16H15ClF3N5O2.C16H17ClF3N5O/c1-9-8-24(6-7-25(9)15(27)16(18,19)20)13-11(17)14(26)23-12(22-13)10-2-4-21-5-3-10;1-10-8-24(6-7-25(10)9-16(18,19)20)14-12(17)15(26)23-13(22-14)11-2-4-21-5-3-11/h2-5,9H,6-8H2,1H3,(H,22,23,26);2-5,10H,6-9H2,1H3,(H,22,23,26)/t9-;10-/m00/s1. The van der Waals surface area contributed by atoms with E-state index < -0.39 is 42.0 Å². The van der Waals surface area contributed by atoms with Gasteiger partial charge in [-0.25, -0.2) is 9.97 Å². The molecule has 53 heavy (non-hydrogen) atoms. The Bertz CT molecular complexity index is 2020. The van der Waals surface area contributed by atoms with Crippen molar-refractivity contribution < 1.29 is 31.1 Å². The van der Waals surface area contributed by atoms with Crippen molar-refractivity contribution in [3.63, 3.8) is 0 Å². The number of carbonyl (C=O) groups excluding carboxylic acids is 1. The van der Waals surface area contributed by atoms with Crippen LogP contribution in [0.25, 0.3) is 22.8 Å². The molecule has 2 aliphatic heterocycles. The fraction of sp³-hybridized carbons (Fsp3) is 0.406. The van der Waals surface area contributed by atoms with E-state index in [1.165, 1.54) is 24.2 Å². The minimum absolute atomic E-state index is 0.0633. The van der Waals surface area contributed by atoms with Crippen molar-refractivity contribution in [2.45, 2.75) is 38.3 Å². The lowest BCUT2D eigenvalue weighted by Gasteiger charge is -2.40. The largest absolute Gasteiger partial charge is 0.471 e. The highest BCUT2D eigenvalue weighted by molar-refractivity contribution is 6.33. The summed E-state index contributed by atoms with van der Waals surface area (Å²) in [6.07, 6.45) is -2.96. The highest BCUT2D eigenvalue weighted by Gasteiger charge is 2.45. The number of hydrogen-bond donors (Lipinski definition) is 2. The zero-order valence-corrected chi connectivity index (χ0v) is 29.6. The predicted molar refractivity (Wildman–Crippen MR) is 185 cm³/mol. The summed E-state index contributed by atoms with van der Waals surface area (Å²) < 4.78 is 76.0. The lowest BCUT2D eigenvalue weighted by atomic mass is 10.2. The van der Waals surface area contributed by atoms with Gasteiger partial charge in [0.1, 0.15) is 21.7 Å². The molecule has 2 fully saturated rings. The summed E-state index contributed by atoms with van der Waals surface area (Å²) in [5, 5.41) is -0.227. The van der Waals surface area contributed by atoms with Crippen molar-refractivity contribution in [2.24, 2.45) is 0 Å². The van der Waals surface area contributed by atoms with E-state index in [1.54, 1.807) is 53.4 Å². The van der Waals surface area contributed by atoms with E-state index in [9.17, 15) is 40.7 Å². The van der Waals surface area contributed by atoms with Crippen LogP contribution in [0.3, 0.4) is 0 Å². The third-order valence-corrected chi connectivity index (χ3v) is 9.16. The van der Waals surface area contributed by atoms with Crippen LogP contribution in [0, 0.1) is 0 Å². The molecule has 1 amide bonds. The molecule has 21 heteroatoms. The number of piperazine rings is 2. The molecular formula is C32H32Cl2F6N10O3. The van der Waals surface area contributed by atoms with E-state index in [0.29, 0.717) is 30.0 Å². The van der Waals surface area contributed by atoms with Crippen LogP contribution in [-0.4, -0.2) is 116 Å². The second kappa shape index (κ2) is 16.1. The van der Waals surface area contributed by atoms with Crippen LogP contribution >= 0.6 is 23.2 Å². The SMILES string of the molecule is C[C@H]1CN(c2nc(-c3ccncc3)[nH]c(=O)c2Cl)CCN1C(=O)C(F)(F)F.C[C@H]1CN(c2nc(-c3ccncc3)[nH]c(=O)c2Cl)CCN1CC(F)(F)F. The molecule has 4 aromatic rings. The third kappa shape index (κ3) is 9.63. The molecule has 0 unspecified atom stereocenters. The zero-order valence-electron chi connectivity index (χ0n) is 28.0. The monoisotopic (exact) mass is 788 g/mol. The lowest BCUT2D eigenvalue weighted by molar-refractivity contribution is -0.187. The number of aromatic nitrogens is 6. The maximum Gasteiger partial charge on any atom is 0.471 e. The first kappa shape index (κ1) is 39.5. The molecule has 0 radical (unpaired) electrons. The topological polar surface area (TPSA) is 147 Å². The number of halogens is 8. The predicted octanol–water partition coefficient (Wildman–Crippen LogP) is 4.64. The Morgan fingerprint density at radius 2 is 1.17 bits per heavy atom. The minimum atomic E-state index is -4.93. The Balaban J connectivity index is 0.000000204. The van der Waals surface area contributed by atoms with Crippen molar-refractivity contribution in [1.29, 1.82) is 0 Å². The maximum atomic E-state index is 12.7. The molecule has 0 aliphatic carbocycles. The van der Waals surface area contributed by atoms with Gasteiger partial charge in [-0.2, -0.15) is 26.3 Å². The summed E-state index contributed by atoms with van der Waals surface area (Å²) in [7, 11) is 0. The molecule has 13 nitrogen and oxygen atoms in total. The number of aromatic amines is 2. The van der Waals surface area contributed by atoms with Crippen LogP contribution in [0.5, 0.6) is 0 Å². The van der Waals surface area contributed by atoms with Crippen molar-refractivity contribution in [1.82, 2.24) is 39.7 Å². The summed E-state index contributed by atoms with van der Waals surface area (Å²) in [6.45, 7) is 3.02. The molecule has 0 saturated carbocycles. The van der Waals surface area contributed by atoms with Crippen LogP contribution in [0.15, 0.2) is 58.6 Å². The average Bonchev–Trinajstić information content (AvgIpc) is 3.11. The molecule has 0 bridgehead atoms. The van der Waals surface area contributed by atoms with Crippen molar-refractivity contribution in [2.75, 3.05) is 55.6 Å². The highest BCUT2D eigenvalue weighted by atomic mass is 35.5. The number of carbonyl (C=O) groups is 1. The number of anilines is 2. The van der Waals surface area contributed by atoms with Crippen molar-refractivity contribution >= 4 is 40.7 Å². The molecule has 6 heterocycles. The number of pyridine rings is 2. The Labute approximate surface area is 307 Å². The molecule has 6 rings (SSSR count). The van der Waals surface area contributed by atoms with Crippen molar-refractivity contribution in [3.05, 3.63) is 79.8 Å². The van der Waals surface area contributed by atoms with Gasteiger partial charge in [-0.15, -0.1) is 0 Å². The summed E-state index contributed by atoms with van der Waals surface area (Å²) in [5.41, 5.74) is 0.224. The number of nitrogens with zero attached hydrogens (tertiary/aromatic N) is 8. The number of H-pyrrole nitrogens is 2. The van der Waals surface area contributed by atoms with Gasteiger partial charge in [0, 0.05) is 87.3 Å². The van der Waals surface area contributed by atoms with E-state index in [-0.39, 0.29) is 59.7 Å². The van der Waals surface area contributed by atoms with Gasteiger partial charge in [-0.1, -0.05) is 23.2 Å². The lowest BCUT2D eigenvalue weighted by Crippen LogP contribution is -2.57. The van der Waals surface area contributed by atoms with E-state index in [0.717, 1.165) is 4.90 Å². The van der Waals surface area contributed by atoms with Gasteiger partial charge < -0.3 is 24.7 Å². The Kier molecular flexibility index (Phi) is 12.0. The molecule has 2 saturated heterocycles. The first-order chi connectivity index (χ1) is 24.9. The number of amides is 1. The molecule has 0 aromatic carbocycles. The minimum Gasteiger partial charge on any atom is -0.352 e. The second-order valence-electron chi connectivity index (χ2n) is 12.2. The summed E-state index contributed by atoms with van der Waals surface area (Å²) in [4.78, 5) is 63.1. The van der Waals surface area contributed by atoms with Crippen LogP contribution in [0.1, 0.15) is 13.8 Å². The summed E-state index contributed by atoms with van der Waals surface area (Å²) >= 11 is 12.2. The van der Waals surface area contributed by atoms with Crippen LogP contribution in [0.4, 0.5) is 38.0 Å². The van der Waals surface area contributed by atoms with Crippen molar-refractivity contribution in [3.8, 4) is 22.8 Å². The second-order valence-corrected chi connectivity index (χ2v) is 13.0. The molecule has 284 valence electrons. The number of rotatable bonds is 5. The molecular weight excluding hydrogens is 757 g/mol. The van der Waals surface area contributed by atoms with E-state index in [2.05, 4.69) is 29.9 Å². The molecule has 2 N–H and O–H groups in total. The van der Waals surface area contributed by atoms with Gasteiger partial charge in [-0.05, 0) is 38.1 Å². The first-order valence-corrected chi connectivity index (χ1v) is 16.8. The molecule has 2 atom stereocenters. The van der Waals surface area contributed by atoms with Gasteiger partial charge in [0.05, 0.1) is 6.54 Å². The fourth-order valence-corrected chi connectivity index (χ4v) is 6.29. The smallest absolute Gasteiger partial charge is 0.352 e.